The molecular weight excluding hydrogens is 208 g/mol. The summed E-state index contributed by atoms with van der Waals surface area (Å²) in [6.45, 7) is 2.91. The number of hydrogen-bond donors (Lipinski definition) is 1. The third-order valence-electron chi connectivity index (χ3n) is 2.70. The molecule has 0 aromatic carbocycles. The summed E-state index contributed by atoms with van der Waals surface area (Å²) < 4.78 is 5.69. The van der Waals surface area contributed by atoms with E-state index in [0.29, 0.717) is 6.10 Å². The largest absolute Gasteiger partial charge is 0.378 e. The van der Waals surface area contributed by atoms with E-state index < -0.39 is 0 Å². The van der Waals surface area contributed by atoms with Gasteiger partial charge in [-0.3, -0.25) is 0 Å². The summed E-state index contributed by atoms with van der Waals surface area (Å²) in [7, 11) is 0. The normalized spacial score (nSPS) is 24.0. The average Bonchev–Trinajstić information content (AvgIpc) is 2.68. The van der Waals surface area contributed by atoms with Crippen molar-refractivity contribution in [1.29, 1.82) is 0 Å². The Labute approximate surface area is 94.7 Å². The van der Waals surface area contributed by atoms with E-state index in [9.17, 15) is 0 Å². The van der Waals surface area contributed by atoms with Gasteiger partial charge >= 0.3 is 0 Å². The molecule has 0 bridgehead atoms. The molecule has 84 valence electrons. The van der Waals surface area contributed by atoms with E-state index >= 15 is 0 Å². The van der Waals surface area contributed by atoms with Gasteiger partial charge in [-0.1, -0.05) is 0 Å². The van der Waals surface area contributed by atoms with Crippen LogP contribution in [0, 0.1) is 0 Å². The second-order valence-corrected chi connectivity index (χ2v) is 5.28. The summed E-state index contributed by atoms with van der Waals surface area (Å²) in [5.41, 5.74) is 5.80. The van der Waals surface area contributed by atoms with E-state index in [1.165, 1.54) is 24.1 Å². The molecule has 0 aliphatic carbocycles. The number of nitrogens with two attached hydrogens (primary N) is 1. The van der Waals surface area contributed by atoms with Gasteiger partial charge < -0.3 is 10.5 Å². The summed E-state index contributed by atoms with van der Waals surface area (Å²) in [4.78, 5) is 5.56. The first-order valence-corrected chi connectivity index (χ1v) is 6.39. The predicted molar refractivity (Wildman–Crippen MR) is 62.0 cm³/mol. The Morgan fingerprint density at radius 3 is 3.13 bits per heavy atom. The van der Waals surface area contributed by atoms with Crippen molar-refractivity contribution in [3.63, 3.8) is 0 Å². The Hall–Kier alpha value is -0.450. The zero-order chi connectivity index (χ0) is 10.7. The highest BCUT2D eigenvalue weighted by atomic mass is 32.1. The van der Waals surface area contributed by atoms with Gasteiger partial charge in [0.1, 0.15) is 0 Å². The van der Waals surface area contributed by atoms with Crippen LogP contribution in [0.3, 0.4) is 0 Å². The second kappa shape index (κ2) is 5.05. The van der Waals surface area contributed by atoms with Crippen LogP contribution in [-0.2, 0) is 11.2 Å². The van der Waals surface area contributed by atoms with Gasteiger partial charge in [-0.15, -0.1) is 11.3 Å². The number of ether oxygens (including phenoxy) is 1. The van der Waals surface area contributed by atoms with E-state index in [0.717, 1.165) is 18.0 Å². The van der Waals surface area contributed by atoms with Crippen molar-refractivity contribution in [1.82, 2.24) is 4.98 Å². The van der Waals surface area contributed by atoms with Crippen LogP contribution in [0.15, 0.2) is 6.20 Å². The molecule has 15 heavy (non-hydrogen) atoms. The van der Waals surface area contributed by atoms with Gasteiger partial charge in [0, 0.05) is 30.1 Å². The highest BCUT2D eigenvalue weighted by Gasteiger charge is 2.16. The van der Waals surface area contributed by atoms with Crippen LogP contribution in [0.4, 0.5) is 0 Å². The molecule has 0 radical (unpaired) electrons. The van der Waals surface area contributed by atoms with E-state index in [-0.39, 0.29) is 6.04 Å². The van der Waals surface area contributed by atoms with Crippen LogP contribution < -0.4 is 5.73 Å². The highest BCUT2D eigenvalue weighted by Crippen LogP contribution is 2.23. The topological polar surface area (TPSA) is 48.1 Å². The van der Waals surface area contributed by atoms with Gasteiger partial charge in [-0.2, -0.15) is 0 Å². The zero-order valence-electron chi connectivity index (χ0n) is 9.11. The first-order valence-electron chi connectivity index (χ1n) is 5.57. The van der Waals surface area contributed by atoms with Crippen molar-refractivity contribution in [2.75, 3.05) is 6.61 Å². The monoisotopic (exact) mass is 226 g/mol. The molecule has 1 saturated heterocycles. The van der Waals surface area contributed by atoms with Crippen molar-refractivity contribution in [3.05, 3.63) is 16.1 Å². The number of nitrogens with zero attached hydrogens (tertiary/aromatic N) is 1. The molecule has 2 atom stereocenters. The Morgan fingerprint density at radius 1 is 1.67 bits per heavy atom. The Balaban J connectivity index is 1.91. The smallest absolute Gasteiger partial charge is 0.0954 e. The molecule has 2 unspecified atom stereocenters. The molecule has 0 spiro atoms. The van der Waals surface area contributed by atoms with Crippen molar-refractivity contribution in [2.45, 2.75) is 44.8 Å². The fraction of sp³-hybridized carbons (Fsp3) is 0.727. The lowest BCUT2D eigenvalue weighted by molar-refractivity contribution is 0.0168. The number of rotatable bonds is 3. The van der Waals surface area contributed by atoms with Crippen molar-refractivity contribution in [3.8, 4) is 0 Å². The molecule has 2 N–H and O–H groups in total. The molecule has 1 fully saturated rings. The fourth-order valence-corrected chi connectivity index (χ4v) is 2.73. The van der Waals surface area contributed by atoms with Crippen LogP contribution in [0.5, 0.6) is 0 Å². The number of thiazole rings is 1. The van der Waals surface area contributed by atoms with Crippen LogP contribution >= 0.6 is 11.3 Å². The molecule has 1 aliphatic rings. The highest BCUT2D eigenvalue weighted by molar-refractivity contribution is 7.11. The maximum atomic E-state index is 5.80. The first kappa shape index (κ1) is 11.0. The fourth-order valence-electron chi connectivity index (χ4n) is 1.79. The average molecular weight is 226 g/mol. The third kappa shape index (κ3) is 3.00. The lowest BCUT2D eigenvalue weighted by Gasteiger charge is -2.21. The molecule has 2 heterocycles. The zero-order valence-corrected chi connectivity index (χ0v) is 9.93. The molecule has 3 nitrogen and oxygen atoms in total. The minimum Gasteiger partial charge on any atom is -0.378 e. The third-order valence-corrected chi connectivity index (χ3v) is 3.92. The minimum absolute atomic E-state index is 0.100. The lowest BCUT2D eigenvalue weighted by atomic mass is 10.1. The van der Waals surface area contributed by atoms with Crippen LogP contribution in [0.25, 0.3) is 0 Å². The first-order chi connectivity index (χ1) is 7.25. The van der Waals surface area contributed by atoms with E-state index in [2.05, 4.69) is 4.98 Å². The van der Waals surface area contributed by atoms with Gasteiger partial charge in [-0.05, 0) is 26.2 Å². The SMILES string of the molecule is CC(N)c1cnc(CC2CCCCO2)s1. The summed E-state index contributed by atoms with van der Waals surface area (Å²) in [5, 5.41) is 1.16. The summed E-state index contributed by atoms with van der Waals surface area (Å²) in [6, 6.07) is 0.100. The molecule has 1 aliphatic heterocycles. The predicted octanol–water partition coefficient (Wildman–Crippen LogP) is 2.27. The number of aromatic nitrogens is 1. The summed E-state index contributed by atoms with van der Waals surface area (Å²) in [5.74, 6) is 0. The van der Waals surface area contributed by atoms with Crippen molar-refractivity contribution >= 4 is 11.3 Å². The van der Waals surface area contributed by atoms with Gasteiger partial charge in [0.15, 0.2) is 0 Å². The van der Waals surface area contributed by atoms with Crippen molar-refractivity contribution < 1.29 is 4.74 Å². The molecule has 2 rings (SSSR count). The molecule has 0 saturated carbocycles. The Kier molecular flexibility index (Phi) is 3.72. The van der Waals surface area contributed by atoms with Crippen molar-refractivity contribution in [2.24, 2.45) is 5.73 Å². The molecule has 4 heteroatoms. The second-order valence-electron chi connectivity index (χ2n) is 4.14. The molecule has 1 aromatic rings. The molecule has 1 aromatic heterocycles. The Bertz CT molecular complexity index is 305. The van der Waals surface area contributed by atoms with Crippen LogP contribution in [-0.4, -0.2) is 17.7 Å². The lowest BCUT2D eigenvalue weighted by Crippen LogP contribution is -2.21. The summed E-state index contributed by atoms with van der Waals surface area (Å²) in [6.07, 6.45) is 6.90. The van der Waals surface area contributed by atoms with E-state index in [1.807, 2.05) is 13.1 Å². The van der Waals surface area contributed by atoms with Gasteiger partial charge in [-0.25, -0.2) is 4.98 Å². The Morgan fingerprint density at radius 2 is 2.53 bits per heavy atom. The van der Waals surface area contributed by atoms with Crippen LogP contribution in [0.1, 0.15) is 42.1 Å². The van der Waals surface area contributed by atoms with Gasteiger partial charge in [0.25, 0.3) is 0 Å². The van der Waals surface area contributed by atoms with E-state index in [1.54, 1.807) is 11.3 Å². The number of hydrogen-bond acceptors (Lipinski definition) is 4. The summed E-state index contributed by atoms with van der Waals surface area (Å²) >= 11 is 1.72. The van der Waals surface area contributed by atoms with Crippen LogP contribution in [0.2, 0.25) is 0 Å². The standard InChI is InChI=1S/C11H18N2OS/c1-8(12)10-7-13-11(15-10)6-9-4-2-3-5-14-9/h7-9H,2-6,12H2,1H3. The maximum Gasteiger partial charge on any atom is 0.0954 e. The van der Waals surface area contributed by atoms with E-state index in [4.69, 9.17) is 10.5 Å². The molecular formula is C11H18N2OS. The van der Waals surface area contributed by atoms with Gasteiger partial charge in [0.2, 0.25) is 0 Å². The maximum absolute atomic E-state index is 5.80. The van der Waals surface area contributed by atoms with Gasteiger partial charge in [0.05, 0.1) is 11.1 Å². The molecule has 0 amide bonds. The minimum atomic E-state index is 0.100. The quantitative estimate of drug-likeness (QED) is 0.860.